The van der Waals surface area contributed by atoms with E-state index >= 15 is 0 Å². The van der Waals surface area contributed by atoms with Gasteiger partial charge in [-0.05, 0) is 36.2 Å². The van der Waals surface area contributed by atoms with Crippen LogP contribution >= 0.6 is 23.4 Å². The van der Waals surface area contributed by atoms with Crippen LogP contribution in [0.2, 0.25) is 5.02 Å². The summed E-state index contributed by atoms with van der Waals surface area (Å²) in [4.78, 5) is 14.6. The maximum absolute atomic E-state index is 13.5. The molecule has 0 saturated carbocycles. The lowest BCUT2D eigenvalue weighted by molar-refractivity contribution is 0.0933. The number of hydrogen-bond donors (Lipinski definition) is 0. The van der Waals surface area contributed by atoms with Crippen molar-refractivity contribution in [1.82, 2.24) is 4.57 Å². The number of halogens is 1. The summed E-state index contributed by atoms with van der Waals surface area (Å²) in [6.45, 7) is 2.07. The van der Waals surface area contributed by atoms with E-state index in [1.165, 1.54) is 0 Å². The molecule has 4 rings (SSSR count). The third-order valence-corrected chi connectivity index (χ3v) is 6.47. The van der Waals surface area contributed by atoms with Crippen molar-refractivity contribution >= 4 is 29.1 Å². The molecule has 2 heterocycles. The summed E-state index contributed by atoms with van der Waals surface area (Å²) in [7, 11) is 0. The van der Waals surface area contributed by atoms with Gasteiger partial charge >= 0.3 is 0 Å². The van der Waals surface area contributed by atoms with Crippen LogP contribution in [0.15, 0.2) is 71.8 Å². The van der Waals surface area contributed by atoms with Crippen molar-refractivity contribution in [3.8, 4) is 5.69 Å². The first kappa shape index (κ1) is 15.6. The van der Waals surface area contributed by atoms with E-state index in [4.69, 9.17) is 11.6 Å². The highest BCUT2D eigenvalue weighted by Crippen LogP contribution is 2.51. The van der Waals surface area contributed by atoms with Crippen LogP contribution in [0.4, 0.5) is 0 Å². The molecule has 0 amide bonds. The van der Waals surface area contributed by atoms with Crippen LogP contribution in [0, 0.1) is 0 Å². The number of Topliss-reactive ketones (excluding diaryl/α,β-unsaturated/α-hetero) is 1. The Balaban J connectivity index is 2.05. The molecular formula is C20H16ClNOS. The van der Waals surface area contributed by atoms with E-state index in [9.17, 15) is 4.79 Å². The zero-order valence-corrected chi connectivity index (χ0v) is 14.8. The number of nitrogens with zero attached hydrogens (tertiary/aromatic N) is 1. The maximum Gasteiger partial charge on any atom is 0.200 e. The molecule has 2 nitrogen and oxygen atoms in total. The molecule has 0 spiro atoms. The third kappa shape index (κ3) is 2.15. The number of para-hydroxylation sites is 1. The van der Waals surface area contributed by atoms with Crippen molar-refractivity contribution in [2.75, 3.05) is 0 Å². The highest BCUT2D eigenvalue weighted by molar-refractivity contribution is 8.01. The first-order valence-corrected chi connectivity index (χ1v) is 9.12. The molecule has 0 radical (unpaired) electrons. The van der Waals surface area contributed by atoms with E-state index in [-0.39, 0.29) is 5.78 Å². The Bertz CT molecular complexity index is 918. The Morgan fingerprint density at radius 1 is 1.04 bits per heavy atom. The van der Waals surface area contributed by atoms with Gasteiger partial charge in [-0.1, -0.05) is 54.9 Å². The average Bonchev–Trinajstić information content (AvgIpc) is 3.05. The van der Waals surface area contributed by atoms with E-state index in [1.807, 2.05) is 71.4 Å². The van der Waals surface area contributed by atoms with Crippen LogP contribution in [0.25, 0.3) is 5.69 Å². The second-order valence-corrected chi connectivity index (χ2v) is 7.58. The molecular weight excluding hydrogens is 338 g/mol. The molecule has 120 valence electrons. The second kappa shape index (κ2) is 5.83. The predicted octanol–water partition coefficient (Wildman–Crippen LogP) is 5.72. The standard InChI is InChI=1S/C20H16ClNOS/c1-2-20(14-8-4-3-5-9-14)19(23)16-11-7-13-22(16)18-15(21)10-6-12-17(18)24-20/h3-13H,2H2,1H3. The molecule has 1 aromatic heterocycles. The first-order valence-electron chi connectivity index (χ1n) is 7.93. The van der Waals surface area contributed by atoms with E-state index in [1.54, 1.807) is 11.8 Å². The summed E-state index contributed by atoms with van der Waals surface area (Å²) in [6, 6.07) is 19.7. The molecule has 1 unspecified atom stereocenters. The zero-order valence-electron chi connectivity index (χ0n) is 13.2. The van der Waals surface area contributed by atoms with Gasteiger partial charge in [0.2, 0.25) is 0 Å². The minimum absolute atomic E-state index is 0.124. The number of ketones is 1. The highest BCUT2D eigenvalue weighted by Gasteiger charge is 2.44. The van der Waals surface area contributed by atoms with E-state index in [2.05, 4.69) is 6.92 Å². The van der Waals surface area contributed by atoms with Crippen molar-refractivity contribution in [2.24, 2.45) is 0 Å². The highest BCUT2D eigenvalue weighted by atomic mass is 35.5. The van der Waals surface area contributed by atoms with Crippen molar-refractivity contribution in [2.45, 2.75) is 23.0 Å². The number of rotatable bonds is 2. The van der Waals surface area contributed by atoms with Crippen LogP contribution in [-0.4, -0.2) is 10.4 Å². The van der Waals surface area contributed by atoms with Crippen molar-refractivity contribution in [1.29, 1.82) is 0 Å². The lowest BCUT2D eigenvalue weighted by Crippen LogP contribution is -2.32. The Morgan fingerprint density at radius 3 is 2.58 bits per heavy atom. The van der Waals surface area contributed by atoms with E-state index < -0.39 is 4.75 Å². The third-order valence-electron chi connectivity index (χ3n) is 4.56. The van der Waals surface area contributed by atoms with Gasteiger partial charge in [0.1, 0.15) is 4.75 Å². The molecule has 0 fully saturated rings. The van der Waals surface area contributed by atoms with Gasteiger partial charge in [0.05, 0.1) is 16.4 Å². The monoisotopic (exact) mass is 353 g/mol. The predicted molar refractivity (Wildman–Crippen MR) is 99.4 cm³/mol. The Labute approximate surface area is 150 Å². The number of benzene rings is 2. The molecule has 24 heavy (non-hydrogen) atoms. The van der Waals surface area contributed by atoms with E-state index in [0.717, 1.165) is 16.1 Å². The quantitative estimate of drug-likeness (QED) is 0.587. The molecule has 3 aromatic rings. The normalized spacial score (nSPS) is 19.5. The van der Waals surface area contributed by atoms with Crippen LogP contribution in [0.3, 0.4) is 0 Å². The van der Waals surface area contributed by atoms with Gasteiger partial charge in [-0.25, -0.2) is 0 Å². The topological polar surface area (TPSA) is 22.0 Å². The molecule has 1 aliphatic heterocycles. The van der Waals surface area contributed by atoms with Gasteiger partial charge in [-0.3, -0.25) is 4.79 Å². The minimum atomic E-state index is -0.646. The fourth-order valence-corrected chi connectivity index (χ4v) is 5.09. The Kier molecular flexibility index (Phi) is 3.78. The van der Waals surface area contributed by atoms with Gasteiger partial charge in [0, 0.05) is 11.1 Å². The second-order valence-electron chi connectivity index (χ2n) is 5.83. The van der Waals surface area contributed by atoms with Crippen molar-refractivity contribution in [3.05, 3.63) is 83.1 Å². The molecule has 0 saturated heterocycles. The van der Waals surface area contributed by atoms with Crippen LogP contribution in [-0.2, 0) is 4.75 Å². The summed E-state index contributed by atoms with van der Waals surface area (Å²) >= 11 is 8.09. The molecule has 1 atom stereocenters. The molecule has 4 heteroatoms. The number of carbonyl (C=O) groups is 1. The molecule has 0 N–H and O–H groups in total. The maximum atomic E-state index is 13.5. The molecule has 2 aromatic carbocycles. The Morgan fingerprint density at radius 2 is 1.83 bits per heavy atom. The van der Waals surface area contributed by atoms with Crippen LogP contribution in [0.1, 0.15) is 29.4 Å². The SMILES string of the molecule is CCC1(c2ccccc2)Sc2cccc(Cl)c2-n2cccc2C1=O. The van der Waals surface area contributed by atoms with Gasteiger partial charge < -0.3 is 4.57 Å². The van der Waals surface area contributed by atoms with E-state index in [0.29, 0.717) is 17.1 Å². The summed E-state index contributed by atoms with van der Waals surface area (Å²) in [5, 5.41) is 0.658. The lowest BCUT2D eigenvalue weighted by Gasteiger charge is -2.29. The zero-order chi connectivity index (χ0) is 16.7. The molecule has 0 bridgehead atoms. The smallest absolute Gasteiger partial charge is 0.200 e. The van der Waals surface area contributed by atoms with Gasteiger partial charge in [0.15, 0.2) is 5.78 Å². The summed E-state index contributed by atoms with van der Waals surface area (Å²) < 4.78 is 1.28. The van der Waals surface area contributed by atoms with Gasteiger partial charge in [-0.2, -0.15) is 0 Å². The number of hydrogen-bond acceptors (Lipinski definition) is 2. The fraction of sp³-hybridized carbons (Fsp3) is 0.150. The number of thioether (sulfide) groups is 1. The average molecular weight is 354 g/mol. The largest absolute Gasteiger partial charge is 0.311 e. The minimum Gasteiger partial charge on any atom is -0.311 e. The van der Waals surface area contributed by atoms with Crippen molar-refractivity contribution < 1.29 is 4.79 Å². The molecule has 0 aliphatic carbocycles. The van der Waals surface area contributed by atoms with Gasteiger partial charge in [-0.15, -0.1) is 11.8 Å². The summed E-state index contributed by atoms with van der Waals surface area (Å²) in [5.74, 6) is 0.124. The van der Waals surface area contributed by atoms with Crippen molar-refractivity contribution in [3.63, 3.8) is 0 Å². The lowest BCUT2D eigenvalue weighted by atomic mass is 9.89. The number of fused-ring (bicyclic) bond motifs is 3. The van der Waals surface area contributed by atoms with Gasteiger partial charge in [0.25, 0.3) is 0 Å². The molecule has 1 aliphatic rings. The van der Waals surface area contributed by atoms with Crippen LogP contribution < -0.4 is 0 Å². The number of carbonyl (C=O) groups excluding carboxylic acids is 1. The first-order chi connectivity index (χ1) is 11.7. The Hall–Kier alpha value is -1.97. The van der Waals surface area contributed by atoms with Crippen LogP contribution in [0.5, 0.6) is 0 Å². The fourth-order valence-electron chi connectivity index (χ4n) is 3.35. The number of aromatic nitrogens is 1. The summed E-state index contributed by atoms with van der Waals surface area (Å²) in [5.41, 5.74) is 2.60. The summed E-state index contributed by atoms with van der Waals surface area (Å²) in [6.07, 6.45) is 2.62.